The molecule has 1 N–H and O–H groups in total. The first-order chi connectivity index (χ1) is 9.02. The third kappa shape index (κ3) is 2.05. The van der Waals surface area contributed by atoms with Gasteiger partial charge < -0.3 is 5.11 Å². The molecule has 1 aliphatic heterocycles. The molecular weight excluding hydrogens is 266 g/mol. The normalized spacial score (nSPS) is 29.5. The summed E-state index contributed by atoms with van der Waals surface area (Å²) in [6.45, 7) is 4.60. The van der Waals surface area contributed by atoms with E-state index in [-0.39, 0.29) is 5.92 Å². The fraction of sp³-hybridized carbons (Fsp3) is 0.692. The smallest absolute Gasteiger partial charge is 0.307 e. The van der Waals surface area contributed by atoms with E-state index in [1.54, 1.807) is 4.68 Å². The zero-order valence-corrected chi connectivity index (χ0v) is 11.9. The highest BCUT2D eigenvalue weighted by molar-refractivity contribution is 6.30. The number of carbonyl (C=O) groups is 1. The minimum absolute atomic E-state index is 0.105. The van der Waals surface area contributed by atoms with Crippen molar-refractivity contribution < 1.29 is 9.90 Å². The van der Waals surface area contributed by atoms with Crippen LogP contribution < -0.4 is 0 Å². The van der Waals surface area contributed by atoms with Crippen LogP contribution in [0, 0.1) is 17.8 Å². The van der Waals surface area contributed by atoms with Gasteiger partial charge in [0, 0.05) is 32.2 Å². The van der Waals surface area contributed by atoms with Crippen molar-refractivity contribution in [1.29, 1.82) is 0 Å². The molecule has 0 spiro atoms. The maximum absolute atomic E-state index is 10.9. The molecule has 1 aromatic rings. The van der Waals surface area contributed by atoms with Crippen LogP contribution in [0.5, 0.6) is 0 Å². The van der Waals surface area contributed by atoms with Gasteiger partial charge in [0.1, 0.15) is 5.15 Å². The quantitative estimate of drug-likeness (QED) is 0.907. The molecule has 6 heteroatoms. The summed E-state index contributed by atoms with van der Waals surface area (Å²) in [5.41, 5.74) is 2.14. The van der Waals surface area contributed by atoms with Crippen molar-refractivity contribution in [3.05, 3.63) is 16.4 Å². The van der Waals surface area contributed by atoms with Crippen LogP contribution in [0.2, 0.25) is 5.15 Å². The van der Waals surface area contributed by atoms with E-state index in [2.05, 4.69) is 16.9 Å². The first-order valence-electron chi connectivity index (χ1n) is 6.68. The summed E-state index contributed by atoms with van der Waals surface area (Å²) in [7, 11) is 1.85. The van der Waals surface area contributed by atoms with Gasteiger partial charge in [-0.15, -0.1) is 0 Å². The van der Waals surface area contributed by atoms with E-state index in [1.165, 1.54) is 0 Å². The van der Waals surface area contributed by atoms with Gasteiger partial charge in [-0.3, -0.25) is 14.4 Å². The van der Waals surface area contributed by atoms with E-state index >= 15 is 0 Å². The van der Waals surface area contributed by atoms with Crippen molar-refractivity contribution in [2.24, 2.45) is 24.8 Å². The highest BCUT2D eigenvalue weighted by Gasteiger charge is 2.59. The Hall–Kier alpha value is -1.07. The Bertz CT molecular complexity index is 516. The molecule has 5 nitrogen and oxygen atoms in total. The molecule has 1 saturated heterocycles. The lowest BCUT2D eigenvalue weighted by atomic mass is 10.2. The van der Waals surface area contributed by atoms with E-state index in [4.69, 9.17) is 16.7 Å². The van der Waals surface area contributed by atoms with Crippen LogP contribution in [0.3, 0.4) is 0 Å². The molecule has 1 saturated carbocycles. The topological polar surface area (TPSA) is 58.4 Å². The molecule has 2 aliphatic rings. The Morgan fingerprint density at radius 3 is 2.63 bits per heavy atom. The van der Waals surface area contributed by atoms with Crippen molar-refractivity contribution in [3.63, 3.8) is 0 Å². The summed E-state index contributed by atoms with van der Waals surface area (Å²) in [4.78, 5) is 13.2. The second kappa shape index (κ2) is 4.49. The van der Waals surface area contributed by atoms with E-state index < -0.39 is 5.97 Å². The number of likely N-dealkylation sites (tertiary alicyclic amines) is 1. The Morgan fingerprint density at radius 1 is 1.47 bits per heavy atom. The molecule has 0 bridgehead atoms. The molecule has 3 rings (SSSR count). The van der Waals surface area contributed by atoms with Crippen molar-refractivity contribution in [2.75, 3.05) is 13.1 Å². The number of hydrogen-bond acceptors (Lipinski definition) is 3. The molecule has 0 radical (unpaired) electrons. The molecule has 1 aliphatic carbocycles. The number of hydrogen-bond donors (Lipinski definition) is 1. The van der Waals surface area contributed by atoms with Gasteiger partial charge in [0.05, 0.1) is 11.6 Å². The van der Waals surface area contributed by atoms with Crippen molar-refractivity contribution in [2.45, 2.75) is 19.9 Å². The number of fused-ring (bicyclic) bond motifs is 1. The Labute approximate surface area is 117 Å². The fourth-order valence-corrected chi connectivity index (χ4v) is 3.58. The zero-order valence-electron chi connectivity index (χ0n) is 11.1. The third-order valence-electron chi connectivity index (χ3n) is 4.42. The van der Waals surface area contributed by atoms with E-state index in [0.29, 0.717) is 17.0 Å². The number of aromatic nitrogens is 2. The van der Waals surface area contributed by atoms with Crippen molar-refractivity contribution >= 4 is 17.6 Å². The van der Waals surface area contributed by atoms with Gasteiger partial charge in [-0.1, -0.05) is 18.5 Å². The molecule has 104 valence electrons. The average molecular weight is 284 g/mol. The maximum atomic E-state index is 10.9. The lowest BCUT2D eigenvalue weighted by Gasteiger charge is -2.18. The summed E-state index contributed by atoms with van der Waals surface area (Å²) >= 11 is 6.28. The standard InChI is InChI=1S/C13H18ClN3O2/c1-3-10-9(12(14)16(2)15-10)6-17-4-7-8(5-17)11(7)13(18)19/h7-8,11H,3-6H2,1-2H3,(H,18,19)/t7-,8+,11?. The summed E-state index contributed by atoms with van der Waals surface area (Å²) < 4.78 is 1.71. The molecule has 2 fully saturated rings. The number of carboxylic acid groups (broad SMARTS) is 1. The number of carboxylic acids is 1. The van der Waals surface area contributed by atoms with E-state index in [1.807, 2.05) is 7.05 Å². The highest BCUT2D eigenvalue weighted by Crippen LogP contribution is 2.52. The van der Waals surface area contributed by atoms with E-state index in [0.717, 1.165) is 37.3 Å². The molecule has 0 amide bonds. The van der Waals surface area contributed by atoms with Crippen molar-refractivity contribution in [1.82, 2.24) is 14.7 Å². The third-order valence-corrected chi connectivity index (χ3v) is 4.90. The largest absolute Gasteiger partial charge is 0.481 e. The van der Waals surface area contributed by atoms with Crippen LogP contribution in [-0.4, -0.2) is 38.8 Å². The lowest BCUT2D eigenvalue weighted by Crippen LogP contribution is -2.26. The van der Waals surface area contributed by atoms with Crippen LogP contribution in [0.25, 0.3) is 0 Å². The fourth-order valence-electron chi connectivity index (χ4n) is 3.37. The molecule has 2 heterocycles. The highest BCUT2D eigenvalue weighted by atomic mass is 35.5. The number of piperidine rings is 1. The summed E-state index contributed by atoms with van der Waals surface area (Å²) in [5.74, 6) is -0.0504. The number of rotatable bonds is 4. The molecule has 19 heavy (non-hydrogen) atoms. The number of aryl methyl sites for hydroxylation is 2. The van der Waals surface area contributed by atoms with Gasteiger partial charge in [0.25, 0.3) is 0 Å². The molecule has 1 aromatic heterocycles. The van der Waals surface area contributed by atoms with Gasteiger partial charge >= 0.3 is 5.97 Å². The van der Waals surface area contributed by atoms with Crippen LogP contribution in [0.1, 0.15) is 18.2 Å². The summed E-state index contributed by atoms with van der Waals surface area (Å²) in [6, 6.07) is 0. The Balaban J connectivity index is 1.67. The Morgan fingerprint density at radius 2 is 2.11 bits per heavy atom. The molecule has 1 unspecified atom stereocenters. The number of nitrogens with zero attached hydrogens (tertiary/aromatic N) is 3. The van der Waals surface area contributed by atoms with Crippen LogP contribution in [0.15, 0.2) is 0 Å². The van der Waals surface area contributed by atoms with Gasteiger partial charge in [0.15, 0.2) is 0 Å². The second-order valence-electron chi connectivity index (χ2n) is 5.58. The maximum Gasteiger partial charge on any atom is 0.307 e. The van der Waals surface area contributed by atoms with Gasteiger partial charge in [-0.25, -0.2) is 0 Å². The monoisotopic (exact) mass is 283 g/mol. The first-order valence-corrected chi connectivity index (χ1v) is 7.06. The molecule has 3 atom stereocenters. The average Bonchev–Trinajstić information content (AvgIpc) is 2.77. The molecule has 0 aromatic carbocycles. The summed E-state index contributed by atoms with van der Waals surface area (Å²) in [5, 5.41) is 14.1. The number of aliphatic carboxylic acids is 1. The van der Waals surface area contributed by atoms with Gasteiger partial charge in [-0.05, 0) is 18.3 Å². The van der Waals surface area contributed by atoms with Crippen LogP contribution >= 0.6 is 11.6 Å². The minimum atomic E-state index is -0.636. The lowest BCUT2D eigenvalue weighted by molar-refractivity contribution is -0.139. The van der Waals surface area contributed by atoms with E-state index in [9.17, 15) is 4.79 Å². The SMILES string of the molecule is CCc1nn(C)c(Cl)c1CN1C[C@@H]2C(C(=O)O)[C@@H]2C1. The zero-order chi connectivity index (χ0) is 13.7. The van der Waals surface area contributed by atoms with Crippen LogP contribution in [0.4, 0.5) is 0 Å². The first kappa shape index (κ1) is 12.9. The van der Waals surface area contributed by atoms with Crippen molar-refractivity contribution in [3.8, 4) is 0 Å². The van der Waals surface area contributed by atoms with Gasteiger partial charge in [-0.2, -0.15) is 5.10 Å². The minimum Gasteiger partial charge on any atom is -0.481 e. The van der Waals surface area contributed by atoms with Gasteiger partial charge in [0.2, 0.25) is 0 Å². The predicted molar refractivity (Wildman–Crippen MR) is 71.0 cm³/mol. The Kier molecular flexibility index (Phi) is 3.06. The second-order valence-corrected chi connectivity index (χ2v) is 5.94. The number of halogens is 1. The molecular formula is C13H18ClN3O2. The summed E-state index contributed by atoms with van der Waals surface area (Å²) in [6.07, 6.45) is 0.869. The predicted octanol–water partition coefficient (Wildman–Crippen LogP) is 1.40. The van der Waals surface area contributed by atoms with Crippen LogP contribution in [-0.2, 0) is 24.8 Å².